The van der Waals surface area contributed by atoms with Gasteiger partial charge in [0.2, 0.25) is 10.0 Å². The maximum atomic E-state index is 12.7. The predicted molar refractivity (Wildman–Crippen MR) is 95.8 cm³/mol. The normalized spacial score (nSPS) is 12.9. The number of benzene rings is 1. The number of sulfonamides is 1. The van der Waals surface area contributed by atoms with Gasteiger partial charge < -0.3 is 0 Å². The first-order chi connectivity index (χ1) is 12.0. The molecule has 0 amide bonds. The van der Waals surface area contributed by atoms with Gasteiger partial charge in [-0.1, -0.05) is 36.4 Å². The van der Waals surface area contributed by atoms with Crippen LogP contribution in [-0.2, 0) is 10.0 Å². The van der Waals surface area contributed by atoms with E-state index in [1.807, 2.05) is 48.5 Å². The zero-order chi connectivity index (χ0) is 17.9. The molecule has 2 aromatic heterocycles. The number of hydrogen-bond acceptors (Lipinski definition) is 4. The molecule has 0 aliphatic carbocycles. The number of nitrogens with one attached hydrogen (secondary N) is 2. The average molecular weight is 356 g/mol. The third-order valence-electron chi connectivity index (χ3n) is 4.05. The number of rotatable bonds is 6. The Labute approximate surface area is 147 Å². The molecule has 7 heteroatoms. The molecule has 0 radical (unpaired) electrons. The lowest BCUT2D eigenvalue weighted by atomic mass is 9.95. The Balaban J connectivity index is 1.89. The van der Waals surface area contributed by atoms with Crippen LogP contribution >= 0.6 is 0 Å². The summed E-state index contributed by atoms with van der Waals surface area (Å²) in [6.07, 6.45) is 1.71. The molecule has 0 aliphatic heterocycles. The van der Waals surface area contributed by atoms with Gasteiger partial charge in [0, 0.05) is 24.4 Å². The van der Waals surface area contributed by atoms with Gasteiger partial charge in [-0.2, -0.15) is 5.10 Å². The Morgan fingerprint density at radius 1 is 1.08 bits per heavy atom. The van der Waals surface area contributed by atoms with Crippen molar-refractivity contribution in [2.24, 2.45) is 0 Å². The van der Waals surface area contributed by atoms with Crippen LogP contribution in [0.2, 0.25) is 0 Å². The summed E-state index contributed by atoms with van der Waals surface area (Å²) in [6.45, 7) is 3.58. The maximum absolute atomic E-state index is 12.7. The minimum Gasteiger partial charge on any atom is -0.281 e. The van der Waals surface area contributed by atoms with Crippen molar-refractivity contribution in [1.29, 1.82) is 0 Å². The van der Waals surface area contributed by atoms with E-state index >= 15 is 0 Å². The zero-order valence-corrected chi connectivity index (χ0v) is 14.9. The highest BCUT2D eigenvalue weighted by molar-refractivity contribution is 7.89. The van der Waals surface area contributed by atoms with Crippen molar-refractivity contribution in [2.45, 2.75) is 24.7 Å². The number of nitrogens with zero attached hydrogens (tertiary/aromatic N) is 2. The van der Waals surface area contributed by atoms with Gasteiger partial charge in [-0.15, -0.1) is 0 Å². The number of pyridine rings is 1. The zero-order valence-electron chi connectivity index (χ0n) is 14.1. The second-order valence-corrected chi connectivity index (χ2v) is 7.54. The van der Waals surface area contributed by atoms with E-state index in [9.17, 15) is 8.42 Å². The van der Waals surface area contributed by atoms with Gasteiger partial charge in [0.25, 0.3) is 0 Å². The van der Waals surface area contributed by atoms with E-state index in [1.165, 1.54) is 0 Å². The Kier molecular flexibility index (Phi) is 4.96. The van der Waals surface area contributed by atoms with Crippen LogP contribution < -0.4 is 4.72 Å². The lowest BCUT2D eigenvalue weighted by molar-refractivity contribution is 0.575. The van der Waals surface area contributed by atoms with E-state index in [1.54, 1.807) is 20.0 Å². The fraction of sp³-hybridized carbons (Fsp3) is 0.222. The molecule has 6 nitrogen and oxygen atoms in total. The fourth-order valence-electron chi connectivity index (χ4n) is 2.86. The first-order valence-electron chi connectivity index (χ1n) is 7.96. The summed E-state index contributed by atoms with van der Waals surface area (Å²) >= 11 is 0. The predicted octanol–water partition coefficient (Wildman–Crippen LogP) is 2.53. The third-order valence-corrected chi connectivity index (χ3v) is 5.74. The summed E-state index contributed by atoms with van der Waals surface area (Å²) in [7, 11) is -3.66. The van der Waals surface area contributed by atoms with Crippen molar-refractivity contribution in [3.05, 3.63) is 77.4 Å². The van der Waals surface area contributed by atoms with Crippen LogP contribution in [0.3, 0.4) is 0 Å². The molecule has 1 unspecified atom stereocenters. The van der Waals surface area contributed by atoms with Crippen molar-refractivity contribution in [2.75, 3.05) is 6.54 Å². The van der Waals surface area contributed by atoms with Gasteiger partial charge in [0.15, 0.2) is 0 Å². The smallest absolute Gasteiger partial charge is 0.244 e. The Morgan fingerprint density at radius 2 is 1.80 bits per heavy atom. The lowest BCUT2D eigenvalue weighted by Gasteiger charge is -2.18. The van der Waals surface area contributed by atoms with Crippen LogP contribution in [0.25, 0.3) is 0 Å². The van der Waals surface area contributed by atoms with Crippen molar-refractivity contribution in [3.8, 4) is 0 Å². The van der Waals surface area contributed by atoms with Gasteiger partial charge in [0.1, 0.15) is 4.90 Å². The average Bonchev–Trinajstić information content (AvgIpc) is 2.96. The molecular formula is C18H20N4O2S. The molecule has 0 bridgehead atoms. The monoisotopic (exact) mass is 356 g/mol. The largest absolute Gasteiger partial charge is 0.281 e. The lowest BCUT2D eigenvalue weighted by Crippen LogP contribution is -2.30. The Hall–Kier alpha value is -2.51. The van der Waals surface area contributed by atoms with Gasteiger partial charge in [-0.3, -0.25) is 10.1 Å². The third kappa shape index (κ3) is 3.78. The summed E-state index contributed by atoms with van der Waals surface area (Å²) in [5.74, 6) is -0.176. The van der Waals surface area contributed by atoms with E-state index in [0.29, 0.717) is 11.4 Å². The highest BCUT2D eigenvalue weighted by Gasteiger charge is 2.24. The molecule has 130 valence electrons. The number of hydrogen-bond donors (Lipinski definition) is 2. The van der Waals surface area contributed by atoms with E-state index < -0.39 is 10.0 Å². The molecule has 25 heavy (non-hydrogen) atoms. The van der Waals surface area contributed by atoms with Crippen LogP contribution in [0.1, 0.15) is 28.6 Å². The van der Waals surface area contributed by atoms with E-state index in [-0.39, 0.29) is 17.4 Å². The molecule has 2 N–H and O–H groups in total. The van der Waals surface area contributed by atoms with Crippen LogP contribution in [0.4, 0.5) is 0 Å². The molecule has 1 aromatic carbocycles. The Morgan fingerprint density at radius 3 is 2.40 bits per heavy atom. The van der Waals surface area contributed by atoms with Crippen molar-refractivity contribution in [3.63, 3.8) is 0 Å². The molecule has 3 rings (SSSR count). The number of aromatic nitrogens is 3. The quantitative estimate of drug-likeness (QED) is 0.710. The minimum atomic E-state index is -3.66. The van der Waals surface area contributed by atoms with Crippen LogP contribution in [0.5, 0.6) is 0 Å². The van der Waals surface area contributed by atoms with Crippen LogP contribution in [-0.4, -0.2) is 30.1 Å². The molecule has 0 saturated carbocycles. The Bertz CT molecular complexity index is 879. The summed E-state index contributed by atoms with van der Waals surface area (Å²) < 4.78 is 28.1. The highest BCUT2D eigenvalue weighted by Crippen LogP contribution is 2.23. The molecule has 0 aliphatic rings. The second-order valence-electron chi connectivity index (χ2n) is 5.83. The highest BCUT2D eigenvalue weighted by atomic mass is 32.2. The van der Waals surface area contributed by atoms with E-state index in [2.05, 4.69) is 19.9 Å². The number of aromatic amines is 1. The van der Waals surface area contributed by atoms with Crippen LogP contribution in [0.15, 0.2) is 59.6 Å². The first kappa shape index (κ1) is 17.3. The van der Waals surface area contributed by atoms with Gasteiger partial charge in [0.05, 0.1) is 11.4 Å². The summed E-state index contributed by atoms with van der Waals surface area (Å²) in [4.78, 5) is 4.61. The molecule has 0 fully saturated rings. The van der Waals surface area contributed by atoms with Crippen molar-refractivity contribution >= 4 is 10.0 Å². The second kappa shape index (κ2) is 7.16. The van der Waals surface area contributed by atoms with Crippen molar-refractivity contribution in [1.82, 2.24) is 19.9 Å². The molecule has 0 saturated heterocycles. The fourth-order valence-corrected chi connectivity index (χ4v) is 4.28. The van der Waals surface area contributed by atoms with E-state index in [0.717, 1.165) is 11.3 Å². The standard InChI is InChI=1S/C18H20N4O2S/c1-13-18(14(2)22-21-13)25(23,24)20-12-16(15-8-4-3-5-9-15)17-10-6-7-11-19-17/h3-11,16,20H,12H2,1-2H3,(H,21,22). The molecule has 0 spiro atoms. The molecule has 3 aromatic rings. The number of H-pyrrole nitrogens is 1. The summed E-state index contributed by atoms with van der Waals surface area (Å²) in [6, 6.07) is 15.4. The van der Waals surface area contributed by atoms with Crippen LogP contribution in [0, 0.1) is 13.8 Å². The van der Waals surface area contributed by atoms with Gasteiger partial charge >= 0.3 is 0 Å². The number of aryl methyl sites for hydroxylation is 2. The minimum absolute atomic E-state index is 0.176. The van der Waals surface area contributed by atoms with E-state index in [4.69, 9.17) is 0 Å². The molecule has 1 atom stereocenters. The summed E-state index contributed by atoms with van der Waals surface area (Å²) in [5.41, 5.74) is 2.81. The maximum Gasteiger partial charge on any atom is 0.244 e. The topological polar surface area (TPSA) is 87.7 Å². The summed E-state index contributed by atoms with van der Waals surface area (Å²) in [5, 5.41) is 6.68. The van der Waals surface area contributed by atoms with Gasteiger partial charge in [-0.25, -0.2) is 13.1 Å². The van der Waals surface area contributed by atoms with Crippen molar-refractivity contribution < 1.29 is 8.42 Å². The molecular weight excluding hydrogens is 336 g/mol. The SMILES string of the molecule is Cc1n[nH]c(C)c1S(=O)(=O)NCC(c1ccccc1)c1ccccn1. The first-order valence-corrected chi connectivity index (χ1v) is 9.44. The molecule has 2 heterocycles. The van der Waals surface area contributed by atoms with Gasteiger partial charge in [-0.05, 0) is 31.5 Å².